The summed E-state index contributed by atoms with van der Waals surface area (Å²) >= 11 is 0. The normalized spacial score (nSPS) is 17.0. The van der Waals surface area contributed by atoms with Gasteiger partial charge >= 0.3 is 0 Å². The van der Waals surface area contributed by atoms with Crippen molar-refractivity contribution >= 4 is 49.9 Å². The van der Waals surface area contributed by atoms with Gasteiger partial charge in [0.25, 0.3) is 5.69 Å². The number of nitrogens with zero attached hydrogens (tertiary/aromatic N) is 5. The fourth-order valence-electron chi connectivity index (χ4n) is 4.63. The van der Waals surface area contributed by atoms with Gasteiger partial charge in [-0.15, -0.1) is 0 Å². The number of allylic oxidation sites excluding steroid dienone is 1. The van der Waals surface area contributed by atoms with Crippen molar-refractivity contribution in [2.75, 3.05) is 51.6 Å². The highest BCUT2D eigenvalue weighted by Crippen LogP contribution is 2.40. The minimum absolute atomic E-state index is 0.0735. The maximum absolute atomic E-state index is 13.1. The van der Waals surface area contributed by atoms with E-state index in [1.807, 2.05) is 36.0 Å². The second-order valence-corrected chi connectivity index (χ2v) is 13.0. The molecule has 0 spiro atoms. The molecule has 0 radical (unpaired) electrons. The first kappa shape index (κ1) is 29.9. The van der Waals surface area contributed by atoms with Crippen molar-refractivity contribution in [2.45, 2.75) is 31.8 Å². The highest BCUT2D eigenvalue weighted by Gasteiger charge is 2.31. The number of benzene rings is 2. The minimum atomic E-state index is -3.62. The summed E-state index contributed by atoms with van der Waals surface area (Å²) in [5, 5.41) is 18.8. The third-order valence-corrected chi connectivity index (χ3v) is 9.00. The standard InChI is InChI=1S/C28H37N7O5S/c1-19(2)41(38,39)34-18-21(20-10-8-9-11-24(20)34)22-12-13-29-28(3,30-22)31-23-16-26(35(36)37)25(17-27(23)40-7)33(6)15-14-32(4)5/h8-13,16-19,30-31H,14-15H2,1-7H3. The van der Waals surface area contributed by atoms with Crippen molar-refractivity contribution in [2.24, 2.45) is 4.99 Å². The number of nitro benzene ring substituents is 1. The molecule has 13 heteroatoms. The molecular weight excluding hydrogens is 546 g/mol. The first-order chi connectivity index (χ1) is 19.3. The summed E-state index contributed by atoms with van der Waals surface area (Å²) in [6.07, 6.45) is 4.99. The molecule has 1 aromatic heterocycles. The molecule has 1 aliphatic rings. The van der Waals surface area contributed by atoms with Crippen molar-refractivity contribution < 1.29 is 18.1 Å². The molecule has 2 N–H and O–H groups in total. The Morgan fingerprint density at radius 2 is 1.90 bits per heavy atom. The number of para-hydroxylation sites is 1. The van der Waals surface area contributed by atoms with Crippen LogP contribution < -0.4 is 20.3 Å². The van der Waals surface area contributed by atoms with Crippen LogP contribution in [0.25, 0.3) is 16.6 Å². The van der Waals surface area contributed by atoms with Crippen molar-refractivity contribution in [3.63, 3.8) is 0 Å². The number of aliphatic imine (C=N–C) groups is 1. The number of hydrogen-bond acceptors (Lipinski definition) is 10. The van der Waals surface area contributed by atoms with Gasteiger partial charge in [-0.25, -0.2) is 17.4 Å². The molecule has 1 unspecified atom stereocenters. The summed E-state index contributed by atoms with van der Waals surface area (Å²) in [7, 11) is 3.58. The summed E-state index contributed by atoms with van der Waals surface area (Å²) < 4.78 is 33.2. The lowest BCUT2D eigenvalue weighted by Gasteiger charge is -2.33. The van der Waals surface area contributed by atoms with Crippen molar-refractivity contribution in [1.29, 1.82) is 0 Å². The highest BCUT2D eigenvalue weighted by molar-refractivity contribution is 7.90. The number of fused-ring (bicyclic) bond motifs is 1. The number of nitro groups is 1. The first-order valence-electron chi connectivity index (χ1n) is 13.2. The van der Waals surface area contributed by atoms with Crippen LogP contribution in [0.15, 0.2) is 53.7 Å². The van der Waals surface area contributed by atoms with Gasteiger partial charge in [0, 0.05) is 61.3 Å². The van der Waals surface area contributed by atoms with E-state index in [1.165, 1.54) is 17.1 Å². The number of ether oxygens (including phenoxy) is 1. The van der Waals surface area contributed by atoms with Crippen LogP contribution in [-0.4, -0.2) is 80.8 Å². The summed E-state index contributed by atoms with van der Waals surface area (Å²) in [6, 6.07) is 10.4. The average Bonchev–Trinajstić information content (AvgIpc) is 3.31. The van der Waals surface area contributed by atoms with Gasteiger partial charge in [0.15, 0.2) is 0 Å². The van der Waals surface area contributed by atoms with E-state index in [4.69, 9.17) is 4.74 Å². The van der Waals surface area contributed by atoms with Crippen molar-refractivity contribution in [1.82, 2.24) is 14.2 Å². The molecule has 41 heavy (non-hydrogen) atoms. The smallest absolute Gasteiger partial charge is 0.294 e. The molecular formula is C28H37N7O5S. The van der Waals surface area contributed by atoms with Crippen LogP contribution in [0, 0.1) is 10.1 Å². The van der Waals surface area contributed by atoms with Gasteiger partial charge in [0.05, 0.1) is 28.5 Å². The average molecular weight is 584 g/mol. The van der Waals surface area contributed by atoms with Gasteiger partial charge < -0.3 is 25.2 Å². The summed E-state index contributed by atoms with van der Waals surface area (Å²) in [5.41, 5.74) is 2.63. The molecule has 220 valence electrons. The van der Waals surface area contributed by atoms with Crippen LogP contribution in [0.3, 0.4) is 0 Å². The van der Waals surface area contributed by atoms with Gasteiger partial charge in [0.2, 0.25) is 15.8 Å². The second kappa shape index (κ2) is 11.4. The third kappa shape index (κ3) is 6.00. The lowest BCUT2D eigenvalue weighted by atomic mass is 10.1. The fourth-order valence-corrected chi connectivity index (χ4v) is 5.77. The SMILES string of the molecule is COc1cc(N(C)CCN(C)C)c([N+](=O)[O-])cc1NC1(C)N=CC=C(c2cn(S(=O)(=O)C(C)C)c3ccccc23)N1. The molecule has 4 rings (SSSR count). The van der Waals surface area contributed by atoms with E-state index in [-0.39, 0.29) is 5.69 Å². The van der Waals surface area contributed by atoms with Gasteiger partial charge in [-0.3, -0.25) is 10.1 Å². The number of aromatic nitrogens is 1. The molecule has 0 saturated heterocycles. The molecule has 0 amide bonds. The van der Waals surface area contributed by atoms with Crippen LogP contribution in [0.4, 0.5) is 17.1 Å². The van der Waals surface area contributed by atoms with Gasteiger partial charge in [-0.05, 0) is 47.0 Å². The molecule has 1 aliphatic heterocycles. The summed E-state index contributed by atoms with van der Waals surface area (Å²) in [6.45, 7) is 6.38. The lowest BCUT2D eigenvalue weighted by Crippen LogP contribution is -2.48. The van der Waals surface area contributed by atoms with E-state index in [0.29, 0.717) is 40.4 Å². The number of rotatable bonds is 11. The van der Waals surface area contributed by atoms with Crippen LogP contribution in [0.5, 0.6) is 5.75 Å². The Kier molecular flexibility index (Phi) is 8.31. The first-order valence-corrected chi connectivity index (χ1v) is 14.7. The lowest BCUT2D eigenvalue weighted by molar-refractivity contribution is -0.384. The number of nitrogens with one attached hydrogen (secondary N) is 2. The Labute approximate surface area is 240 Å². The molecule has 1 atom stereocenters. The molecule has 0 fully saturated rings. The monoisotopic (exact) mass is 583 g/mol. The van der Waals surface area contributed by atoms with E-state index in [1.54, 1.807) is 64.5 Å². The van der Waals surface area contributed by atoms with Crippen LogP contribution >= 0.6 is 0 Å². The minimum Gasteiger partial charge on any atom is -0.495 e. The van der Waals surface area contributed by atoms with Gasteiger partial charge in [-0.2, -0.15) is 0 Å². The van der Waals surface area contributed by atoms with Crippen molar-refractivity contribution in [3.05, 3.63) is 64.3 Å². The Morgan fingerprint density at radius 3 is 2.54 bits per heavy atom. The van der Waals surface area contributed by atoms with E-state index in [0.717, 1.165) is 11.9 Å². The molecule has 0 aliphatic carbocycles. The Balaban J connectivity index is 1.70. The maximum atomic E-state index is 13.1. The number of hydrogen-bond donors (Lipinski definition) is 2. The van der Waals surface area contributed by atoms with E-state index in [9.17, 15) is 18.5 Å². The van der Waals surface area contributed by atoms with Gasteiger partial charge in [0.1, 0.15) is 11.4 Å². The summed E-state index contributed by atoms with van der Waals surface area (Å²) in [5.74, 6) is -0.722. The molecule has 0 saturated carbocycles. The Morgan fingerprint density at radius 1 is 1.20 bits per heavy atom. The predicted octanol–water partition coefficient (Wildman–Crippen LogP) is 3.94. The van der Waals surface area contributed by atoms with E-state index in [2.05, 4.69) is 15.6 Å². The molecule has 3 aromatic rings. The Bertz CT molecular complexity index is 1630. The third-order valence-electron chi connectivity index (χ3n) is 6.96. The fraction of sp³-hybridized carbons (Fsp3) is 0.393. The van der Waals surface area contributed by atoms with E-state index < -0.39 is 26.0 Å². The number of anilines is 2. The molecule has 2 aromatic carbocycles. The van der Waals surface area contributed by atoms with Crippen LogP contribution in [0.2, 0.25) is 0 Å². The molecule has 2 heterocycles. The van der Waals surface area contributed by atoms with Crippen LogP contribution in [-0.2, 0) is 10.0 Å². The highest BCUT2D eigenvalue weighted by atomic mass is 32.2. The molecule has 12 nitrogen and oxygen atoms in total. The van der Waals surface area contributed by atoms with Gasteiger partial charge in [-0.1, -0.05) is 18.2 Å². The maximum Gasteiger partial charge on any atom is 0.294 e. The zero-order valence-corrected chi connectivity index (χ0v) is 25.2. The Hall–Kier alpha value is -4.10. The largest absolute Gasteiger partial charge is 0.495 e. The second-order valence-electron chi connectivity index (χ2n) is 10.7. The van der Waals surface area contributed by atoms with Crippen LogP contribution in [0.1, 0.15) is 26.3 Å². The number of methoxy groups -OCH3 is 1. The zero-order valence-electron chi connectivity index (χ0n) is 24.4. The van der Waals surface area contributed by atoms with Crippen molar-refractivity contribution in [3.8, 4) is 5.75 Å². The van der Waals surface area contributed by atoms with E-state index >= 15 is 0 Å². The predicted molar refractivity (Wildman–Crippen MR) is 164 cm³/mol. The summed E-state index contributed by atoms with van der Waals surface area (Å²) in [4.78, 5) is 20.1. The molecule has 0 bridgehead atoms. The zero-order chi connectivity index (χ0) is 30.1. The quantitative estimate of drug-likeness (QED) is 0.254. The topological polar surface area (TPSA) is 134 Å². The number of likely N-dealkylation sites (N-methyl/N-ethyl adjacent to an activating group) is 2.